The normalized spacial score (nSPS) is 18.4. The summed E-state index contributed by atoms with van der Waals surface area (Å²) >= 11 is 3.57. The lowest BCUT2D eigenvalue weighted by Crippen LogP contribution is -2.38. The lowest BCUT2D eigenvalue weighted by Gasteiger charge is -2.33. The van der Waals surface area contributed by atoms with Gasteiger partial charge in [0.1, 0.15) is 0 Å². The fraction of sp³-hybridized carbons (Fsp3) is 0.727. The van der Waals surface area contributed by atoms with E-state index in [0.29, 0.717) is 5.92 Å². The molecule has 1 fully saturated rings. The van der Waals surface area contributed by atoms with Crippen LogP contribution in [0.2, 0.25) is 0 Å². The molecule has 1 aromatic rings. The SMILES string of the molecule is CCCn1ncc(Br)c1C(NN)C1CCC1. The number of hydrogen-bond acceptors (Lipinski definition) is 3. The second-order valence-corrected chi connectivity index (χ2v) is 5.29. The van der Waals surface area contributed by atoms with Gasteiger partial charge in [-0.3, -0.25) is 16.0 Å². The summed E-state index contributed by atoms with van der Waals surface area (Å²) in [7, 11) is 0. The number of halogens is 1. The molecular formula is C11H19BrN4. The molecule has 1 unspecified atom stereocenters. The molecule has 4 nitrogen and oxygen atoms in total. The van der Waals surface area contributed by atoms with Crippen molar-refractivity contribution in [3.63, 3.8) is 0 Å². The number of nitrogens with zero attached hydrogens (tertiary/aromatic N) is 2. The second-order valence-electron chi connectivity index (χ2n) is 4.44. The van der Waals surface area contributed by atoms with Crippen molar-refractivity contribution in [1.82, 2.24) is 15.2 Å². The number of nitrogens with one attached hydrogen (secondary N) is 1. The van der Waals surface area contributed by atoms with Crippen molar-refractivity contribution in [3.05, 3.63) is 16.4 Å². The van der Waals surface area contributed by atoms with Crippen molar-refractivity contribution in [2.24, 2.45) is 11.8 Å². The van der Waals surface area contributed by atoms with Gasteiger partial charge in [0.2, 0.25) is 0 Å². The van der Waals surface area contributed by atoms with Crippen LogP contribution < -0.4 is 11.3 Å². The number of nitrogens with two attached hydrogens (primary N) is 1. The molecule has 1 aliphatic carbocycles. The first-order valence-corrected chi connectivity index (χ1v) is 6.74. The maximum Gasteiger partial charge on any atom is 0.0712 e. The van der Waals surface area contributed by atoms with Gasteiger partial charge in [-0.05, 0) is 41.1 Å². The van der Waals surface area contributed by atoms with Gasteiger partial charge in [0.15, 0.2) is 0 Å². The quantitative estimate of drug-likeness (QED) is 0.645. The van der Waals surface area contributed by atoms with E-state index in [1.54, 1.807) is 0 Å². The molecule has 0 aromatic carbocycles. The van der Waals surface area contributed by atoms with Crippen LogP contribution in [0.5, 0.6) is 0 Å². The molecule has 1 saturated carbocycles. The Bertz CT molecular complexity index is 346. The monoisotopic (exact) mass is 286 g/mol. The zero-order chi connectivity index (χ0) is 11.5. The van der Waals surface area contributed by atoms with E-state index in [1.165, 1.54) is 25.0 Å². The highest BCUT2D eigenvalue weighted by Gasteiger charge is 2.31. The zero-order valence-corrected chi connectivity index (χ0v) is 11.2. The van der Waals surface area contributed by atoms with Gasteiger partial charge in [-0.2, -0.15) is 5.10 Å². The molecule has 16 heavy (non-hydrogen) atoms. The predicted octanol–water partition coefficient (Wildman–Crippen LogP) is 2.36. The Kier molecular flexibility index (Phi) is 4.00. The third kappa shape index (κ3) is 2.17. The lowest BCUT2D eigenvalue weighted by atomic mass is 9.79. The van der Waals surface area contributed by atoms with Crippen molar-refractivity contribution >= 4 is 15.9 Å². The van der Waals surface area contributed by atoms with Gasteiger partial charge >= 0.3 is 0 Å². The van der Waals surface area contributed by atoms with E-state index in [-0.39, 0.29) is 6.04 Å². The van der Waals surface area contributed by atoms with Crippen LogP contribution in [0.15, 0.2) is 10.7 Å². The van der Waals surface area contributed by atoms with Crippen molar-refractivity contribution in [2.45, 2.75) is 45.2 Å². The smallest absolute Gasteiger partial charge is 0.0712 e. The number of hydrazine groups is 1. The molecule has 0 radical (unpaired) electrons. The summed E-state index contributed by atoms with van der Waals surface area (Å²) in [5.74, 6) is 6.36. The Morgan fingerprint density at radius 2 is 2.44 bits per heavy atom. The van der Waals surface area contributed by atoms with Gasteiger partial charge in [0, 0.05) is 6.54 Å². The lowest BCUT2D eigenvalue weighted by molar-refractivity contribution is 0.222. The first-order chi connectivity index (χ1) is 7.77. The fourth-order valence-electron chi connectivity index (χ4n) is 2.28. The highest BCUT2D eigenvalue weighted by atomic mass is 79.9. The standard InChI is InChI=1S/C11H19BrN4/c1-2-6-16-11(9(12)7-14-16)10(15-13)8-4-3-5-8/h7-8,10,15H,2-6,13H2,1H3. The van der Waals surface area contributed by atoms with Crippen LogP contribution >= 0.6 is 15.9 Å². The number of rotatable bonds is 5. The van der Waals surface area contributed by atoms with E-state index in [2.05, 4.69) is 38.1 Å². The van der Waals surface area contributed by atoms with Gasteiger partial charge in [-0.15, -0.1) is 0 Å². The molecule has 0 amide bonds. The van der Waals surface area contributed by atoms with Gasteiger partial charge in [-0.1, -0.05) is 13.3 Å². The molecular weight excluding hydrogens is 268 g/mol. The van der Waals surface area contributed by atoms with Gasteiger partial charge in [-0.25, -0.2) is 0 Å². The molecule has 2 rings (SSSR count). The number of aromatic nitrogens is 2. The van der Waals surface area contributed by atoms with Crippen LogP contribution in [0.4, 0.5) is 0 Å². The van der Waals surface area contributed by atoms with Gasteiger partial charge < -0.3 is 0 Å². The summed E-state index contributed by atoms with van der Waals surface area (Å²) in [6, 6.07) is 0.233. The maximum absolute atomic E-state index is 5.70. The first kappa shape index (κ1) is 12.1. The minimum absolute atomic E-state index is 0.233. The van der Waals surface area contributed by atoms with Gasteiger partial charge in [0.05, 0.1) is 22.4 Å². The molecule has 1 aliphatic rings. The van der Waals surface area contributed by atoms with Crippen molar-refractivity contribution in [3.8, 4) is 0 Å². The molecule has 1 atom stereocenters. The number of aryl methyl sites for hydroxylation is 1. The Morgan fingerprint density at radius 3 is 2.94 bits per heavy atom. The maximum atomic E-state index is 5.70. The Morgan fingerprint density at radius 1 is 1.69 bits per heavy atom. The molecule has 0 bridgehead atoms. The predicted molar refractivity (Wildman–Crippen MR) is 67.6 cm³/mol. The topological polar surface area (TPSA) is 55.9 Å². The molecule has 1 aromatic heterocycles. The minimum Gasteiger partial charge on any atom is -0.271 e. The highest BCUT2D eigenvalue weighted by molar-refractivity contribution is 9.10. The summed E-state index contributed by atoms with van der Waals surface area (Å²) in [5.41, 5.74) is 4.16. The molecule has 0 saturated heterocycles. The van der Waals surface area contributed by atoms with Crippen LogP contribution in [-0.4, -0.2) is 9.78 Å². The van der Waals surface area contributed by atoms with Crippen LogP contribution in [0.25, 0.3) is 0 Å². The highest BCUT2D eigenvalue weighted by Crippen LogP contribution is 2.39. The zero-order valence-electron chi connectivity index (χ0n) is 9.62. The second kappa shape index (κ2) is 5.29. The largest absolute Gasteiger partial charge is 0.271 e. The van der Waals surface area contributed by atoms with Crippen molar-refractivity contribution in [2.75, 3.05) is 0 Å². The van der Waals surface area contributed by atoms with Gasteiger partial charge in [0.25, 0.3) is 0 Å². The Hall–Kier alpha value is -0.390. The Labute approximate surface area is 105 Å². The summed E-state index contributed by atoms with van der Waals surface area (Å²) in [6.07, 6.45) is 6.80. The van der Waals surface area contributed by atoms with E-state index in [0.717, 1.165) is 17.4 Å². The van der Waals surface area contributed by atoms with Crippen LogP contribution in [0, 0.1) is 5.92 Å². The van der Waals surface area contributed by atoms with E-state index in [9.17, 15) is 0 Å². The van der Waals surface area contributed by atoms with E-state index < -0.39 is 0 Å². The third-order valence-corrected chi connectivity index (χ3v) is 3.98. The average molecular weight is 287 g/mol. The van der Waals surface area contributed by atoms with Crippen LogP contribution in [0.3, 0.4) is 0 Å². The summed E-state index contributed by atoms with van der Waals surface area (Å²) < 4.78 is 3.13. The van der Waals surface area contributed by atoms with Crippen LogP contribution in [-0.2, 0) is 6.54 Å². The van der Waals surface area contributed by atoms with E-state index >= 15 is 0 Å². The van der Waals surface area contributed by atoms with Crippen molar-refractivity contribution in [1.29, 1.82) is 0 Å². The molecule has 3 N–H and O–H groups in total. The van der Waals surface area contributed by atoms with Crippen LogP contribution in [0.1, 0.15) is 44.3 Å². The van der Waals surface area contributed by atoms with E-state index in [4.69, 9.17) is 5.84 Å². The fourth-order valence-corrected chi connectivity index (χ4v) is 2.83. The number of hydrogen-bond donors (Lipinski definition) is 2. The summed E-state index contributed by atoms with van der Waals surface area (Å²) in [4.78, 5) is 0. The molecule has 5 heteroatoms. The molecule has 0 spiro atoms. The van der Waals surface area contributed by atoms with E-state index in [1.807, 2.05) is 6.20 Å². The van der Waals surface area contributed by atoms with Crippen molar-refractivity contribution < 1.29 is 0 Å². The summed E-state index contributed by atoms with van der Waals surface area (Å²) in [5, 5.41) is 4.39. The third-order valence-electron chi connectivity index (χ3n) is 3.36. The minimum atomic E-state index is 0.233. The average Bonchev–Trinajstić information content (AvgIpc) is 2.54. The molecule has 1 heterocycles. The summed E-state index contributed by atoms with van der Waals surface area (Å²) in [6.45, 7) is 3.11. The Balaban J connectivity index is 2.24. The molecule has 0 aliphatic heterocycles. The first-order valence-electron chi connectivity index (χ1n) is 5.95. The molecule has 90 valence electrons.